The number of hydrogen-bond donors (Lipinski definition) is 3. The Morgan fingerprint density at radius 2 is 1.70 bits per heavy atom. The van der Waals surface area contributed by atoms with Gasteiger partial charge in [0.05, 0.1) is 11.2 Å². The number of aryl methyl sites for hydroxylation is 1. The van der Waals surface area contributed by atoms with E-state index in [0.29, 0.717) is 11.2 Å². The first-order chi connectivity index (χ1) is 11.1. The molecule has 0 fully saturated rings. The number of hydrogen-bond acceptors (Lipinski definition) is 3. The van der Waals surface area contributed by atoms with Crippen LogP contribution in [0, 0.1) is 6.92 Å². The Labute approximate surface area is 132 Å². The van der Waals surface area contributed by atoms with Crippen LogP contribution in [0.25, 0.3) is 16.6 Å². The lowest BCUT2D eigenvalue weighted by Crippen LogP contribution is -2.05. The van der Waals surface area contributed by atoms with Gasteiger partial charge in [-0.15, -0.1) is 0 Å². The van der Waals surface area contributed by atoms with Gasteiger partial charge in [0, 0.05) is 22.6 Å². The highest BCUT2D eigenvalue weighted by atomic mass is 16.3. The molecule has 0 saturated carbocycles. The molecule has 1 aliphatic rings. The van der Waals surface area contributed by atoms with Crippen LogP contribution < -0.4 is 5.56 Å². The van der Waals surface area contributed by atoms with Crippen molar-refractivity contribution >= 4 is 10.9 Å². The van der Waals surface area contributed by atoms with Crippen LogP contribution >= 0.6 is 0 Å². The third-order valence-corrected chi connectivity index (χ3v) is 4.72. The van der Waals surface area contributed by atoms with Gasteiger partial charge in [-0.3, -0.25) is 9.36 Å². The Hall–Kier alpha value is -2.69. The summed E-state index contributed by atoms with van der Waals surface area (Å²) in [6.07, 6.45) is 3.61. The summed E-state index contributed by atoms with van der Waals surface area (Å²) in [4.78, 5) is 14.5. The minimum atomic E-state index is -0.160. The van der Waals surface area contributed by atoms with Gasteiger partial charge in [0.15, 0.2) is 0 Å². The average Bonchev–Trinajstić information content (AvgIpc) is 2.78. The van der Waals surface area contributed by atoms with Crippen LogP contribution in [-0.2, 0) is 12.8 Å². The van der Waals surface area contributed by atoms with E-state index in [-0.39, 0.29) is 17.3 Å². The fraction of sp³-hybridized carbons (Fsp3) is 0.278. The number of aromatic nitrogens is 2. The molecule has 0 radical (unpaired) electrons. The fourth-order valence-corrected chi connectivity index (χ4v) is 3.58. The summed E-state index contributed by atoms with van der Waals surface area (Å²) in [5.74, 6) is 0.207. The van der Waals surface area contributed by atoms with Gasteiger partial charge in [0.25, 0.3) is 0 Å². The lowest BCUT2D eigenvalue weighted by atomic mass is 9.95. The predicted molar refractivity (Wildman–Crippen MR) is 88.6 cm³/mol. The van der Waals surface area contributed by atoms with E-state index >= 15 is 0 Å². The first-order valence-electron chi connectivity index (χ1n) is 7.84. The molecule has 1 aliphatic carbocycles. The van der Waals surface area contributed by atoms with Gasteiger partial charge >= 0.3 is 0 Å². The van der Waals surface area contributed by atoms with Crippen molar-refractivity contribution < 1.29 is 10.2 Å². The Bertz CT molecular complexity index is 953. The van der Waals surface area contributed by atoms with E-state index in [4.69, 9.17) is 0 Å². The molecule has 5 nitrogen and oxygen atoms in total. The Kier molecular flexibility index (Phi) is 2.98. The molecule has 1 aromatic carbocycles. The van der Waals surface area contributed by atoms with Crippen molar-refractivity contribution in [3.05, 3.63) is 51.3 Å². The molecule has 0 unspecified atom stereocenters. The molecule has 0 bridgehead atoms. The SMILES string of the molecule is Cc1cc(=O)[nH]c2cc(-n3c(O)c4c(c3O)CCCC4)ccc12. The Morgan fingerprint density at radius 3 is 2.35 bits per heavy atom. The van der Waals surface area contributed by atoms with Crippen molar-refractivity contribution in [3.63, 3.8) is 0 Å². The van der Waals surface area contributed by atoms with E-state index in [9.17, 15) is 15.0 Å². The van der Waals surface area contributed by atoms with Gasteiger partial charge < -0.3 is 15.2 Å². The molecule has 3 N–H and O–H groups in total. The number of rotatable bonds is 1. The summed E-state index contributed by atoms with van der Waals surface area (Å²) in [5.41, 5.74) is 3.75. The highest BCUT2D eigenvalue weighted by Crippen LogP contribution is 2.41. The maximum absolute atomic E-state index is 11.7. The largest absolute Gasteiger partial charge is 0.494 e. The smallest absolute Gasteiger partial charge is 0.248 e. The van der Waals surface area contributed by atoms with E-state index in [1.807, 2.05) is 19.1 Å². The molecular formula is C18H18N2O3. The number of aromatic amines is 1. The quantitative estimate of drug-likeness (QED) is 0.646. The molecule has 0 spiro atoms. The second-order valence-corrected chi connectivity index (χ2v) is 6.19. The summed E-state index contributed by atoms with van der Waals surface area (Å²) < 4.78 is 1.47. The Morgan fingerprint density at radius 1 is 1.04 bits per heavy atom. The van der Waals surface area contributed by atoms with Crippen LogP contribution in [-0.4, -0.2) is 19.8 Å². The fourth-order valence-electron chi connectivity index (χ4n) is 3.58. The van der Waals surface area contributed by atoms with Gasteiger partial charge in [-0.2, -0.15) is 0 Å². The van der Waals surface area contributed by atoms with Crippen molar-refractivity contribution in [2.24, 2.45) is 0 Å². The maximum Gasteiger partial charge on any atom is 0.248 e. The zero-order valence-corrected chi connectivity index (χ0v) is 12.9. The minimum absolute atomic E-state index is 0.103. The molecule has 118 valence electrons. The van der Waals surface area contributed by atoms with E-state index < -0.39 is 0 Å². The molecule has 0 amide bonds. The average molecular weight is 310 g/mol. The van der Waals surface area contributed by atoms with E-state index in [1.165, 1.54) is 4.57 Å². The molecule has 0 aliphatic heterocycles. The second kappa shape index (κ2) is 4.91. The summed E-state index contributed by atoms with van der Waals surface area (Å²) in [5, 5.41) is 22.0. The van der Waals surface area contributed by atoms with Crippen molar-refractivity contribution in [1.29, 1.82) is 0 Å². The Balaban J connectivity index is 1.96. The zero-order valence-electron chi connectivity index (χ0n) is 12.9. The lowest BCUT2D eigenvalue weighted by molar-refractivity contribution is 0.399. The lowest BCUT2D eigenvalue weighted by Gasteiger charge is -2.09. The number of benzene rings is 1. The van der Waals surface area contributed by atoms with Crippen LogP contribution in [0.1, 0.15) is 29.5 Å². The standard InChI is InChI=1S/C18H18N2O3/c1-10-8-16(21)19-15-9-11(6-7-12(10)15)20-17(22)13-4-2-3-5-14(13)18(20)23/h6-9,22-23H,2-5H2,1H3,(H,19,21). The van der Waals surface area contributed by atoms with Crippen molar-refractivity contribution in [3.8, 4) is 17.4 Å². The highest BCUT2D eigenvalue weighted by Gasteiger charge is 2.25. The molecule has 23 heavy (non-hydrogen) atoms. The second-order valence-electron chi connectivity index (χ2n) is 6.19. The molecule has 5 heteroatoms. The van der Waals surface area contributed by atoms with Crippen LogP contribution in [0.2, 0.25) is 0 Å². The summed E-state index contributed by atoms with van der Waals surface area (Å²) >= 11 is 0. The van der Waals surface area contributed by atoms with Crippen LogP contribution in [0.15, 0.2) is 29.1 Å². The van der Waals surface area contributed by atoms with Crippen LogP contribution in [0.4, 0.5) is 0 Å². The molecule has 3 aromatic rings. The van der Waals surface area contributed by atoms with Gasteiger partial charge in [-0.25, -0.2) is 0 Å². The van der Waals surface area contributed by atoms with Crippen molar-refractivity contribution in [2.45, 2.75) is 32.6 Å². The monoisotopic (exact) mass is 310 g/mol. The first kappa shape index (κ1) is 13.9. The summed E-state index contributed by atoms with van der Waals surface area (Å²) in [7, 11) is 0. The summed E-state index contributed by atoms with van der Waals surface area (Å²) in [6.45, 7) is 1.89. The van der Waals surface area contributed by atoms with Crippen LogP contribution in [0.3, 0.4) is 0 Å². The highest BCUT2D eigenvalue weighted by molar-refractivity contribution is 5.83. The summed E-state index contributed by atoms with van der Waals surface area (Å²) in [6, 6.07) is 7.09. The third-order valence-electron chi connectivity index (χ3n) is 4.72. The van der Waals surface area contributed by atoms with Gasteiger partial charge in [0.2, 0.25) is 17.3 Å². The normalized spacial score (nSPS) is 14.1. The zero-order chi connectivity index (χ0) is 16.1. The maximum atomic E-state index is 11.7. The number of nitrogens with one attached hydrogen (secondary N) is 1. The van der Waals surface area contributed by atoms with Crippen molar-refractivity contribution in [1.82, 2.24) is 9.55 Å². The molecular weight excluding hydrogens is 292 g/mol. The molecule has 4 rings (SSSR count). The first-order valence-corrected chi connectivity index (χ1v) is 7.84. The molecule has 0 atom stereocenters. The number of nitrogens with zero attached hydrogens (tertiary/aromatic N) is 1. The van der Waals surface area contributed by atoms with E-state index in [1.54, 1.807) is 12.1 Å². The number of H-pyrrole nitrogens is 1. The van der Waals surface area contributed by atoms with Crippen molar-refractivity contribution in [2.75, 3.05) is 0 Å². The van der Waals surface area contributed by atoms with Gasteiger partial charge in [-0.1, -0.05) is 6.07 Å². The van der Waals surface area contributed by atoms with E-state index in [2.05, 4.69) is 4.98 Å². The third kappa shape index (κ3) is 2.04. The topological polar surface area (TPSA) is 78.2 Å². The van der Waals surface area contributed by atoms with Gasteiger partial charge in [-0.05, 0) is 50.3 Å². The number of pyridine rings is 1. The number of fused-ring (bicyclic) bond motifs is 2. The predicted octanol–water partition coefficient (Wildman–Crippen LogP) is 2.92. The van der Waals surface area contributed by atoms with Gasteiger partial charge in [0.1, 0.15) is 0 Å². The van der Waals surface area contributed by atoms with E-state index in [0.717, 1.165) is 47.8 Å². The van der Waals surface area contributed by atoms with Crippen LogP contribution in [0.5, 0.6) is 11.8 Å². The molecule has 2 heterocycles. The number of aromatic hydroxyl groups is 2. The molecule has 2 aromatic heterocycles. The molecule has 0 saturated heterocycles. The minimum Gasteiger partial charge on any atom is -0.494 e.